The molecule has 9 heteroatoms. The molecule has 4 heterocycles. The molecular weight excluding hydrogens is 383 g/mol. The predicted molar refractivity (Wildman–Crippen MR) is 102 cm³/mol. The molecule has 0 atom stereocenters. The summed E-state index contributed by atoms with van der Waals surface area (Å²) in [7, 11) is 1.87. The molecule has 0 radical (unpaired) electrons. The van der Waals surface area contributed by atoms with Gasteiger partial charge in [-0.2, -0.15) is 18.3 Å². The van der Waals surface area contributed by atoms with Gasteiger partial charge in [-0.25, -0.2) is 4.98 Å². The molecule has 3 aromatic rings. The summed E-state index contributed by atoms with van der Waals surface area (Å²) >= 11 is 0. The Labute approximate surface area is 166 Å². The van der Waals surface area contributed by atoms with Crippen LogP contribution in [0.2, 0.25) is 0 Å². The fraction of sp³-hybridized carbons (Fsp3) is 0.500. The van der Waals surface area contributed by atoms with E-state index >= 15 is 0 Å². The molecule has 1 saturated heterocycles. The summed E-state index contributed by atoms with van der Waals surface area (Å²) in [6, 6.07) is 4.32. The number of piperidine rings is 1. The second-order valence-electron chi connectivity index (χ2n) is 7.94. The molecule has 1 aliphatic heterocycles. The molecule has 0 aliphatic carbocycles. The van der Waals surface area contributed by atoms with Crippen molar-refractivity contribution in [1.82, 2.24) is 24.2 Å². The lowest BCUT2D eigenvalue weighted by Crippen LogP contribution is -2.46. The van der Waals surface area contributed by atoms with Crippen molar-refractivity contribution in [2.75, 3.05) is 13.1 Å². The third-order valence-corrected chi connectivity index (χ3v) is 5.69. The van der Waals surface area contributed by atoms with Gasteiger partial charge in [0.1, 0.15) is 11.3 Å². The van der Waals surface area contributed by atoms with Gasteiger partial charge in [-0.1, -0.05) is 0 Å². The third-order valence-electron chi connectivity index (χ3n) is 5.69. The van der Waals surface area contributed by atoms with Gasteiger partial charge in [0.25, 0.3) is 0 Å². The molecule has 1 fully saturated rings. The van der Waals surface area contributed by atoms with Gasteiger partial charge < -0.3 is 9.67 Å². The minimum absolute atomic E-state index is 0.123. The average molecular weight is 407 g/mol. The molecule has 156 valence electrons. The molecule has 29 heavy (non-hydrogen) atoms. The van der Waals surface area contributed by atoms with E-state index in [-0.39, 0.29) is 12.2 Å². The number of nitrogens with zero attached hydrogens (tertiary/aromatic N) is 5. The number of alkyl halides is 3. The van der Waals surface area contributed by atoms with E-state index in [0.717, 1.165) is 28.4 Å². The minimum atomic E-state index is -4.50. The van der Waals surface area contributed by atoms with E-state index in [1.165, 1.54) is 6.20 Å². The molecule has 1 aliphatic rings. The van der Waals surface area contributed by atoms with Crippen LogP contribution in [0.5, 0.6) is 0 Å². The maximum atomic E-state index is 13.6. The Bertz CT molecular complexity index is 1010. The lowest BCUT2D eigenvalue weighted by molar-refractivity contribution is -0.145. The maximum Gasteiger partial charge on any atom is 0.431 e. The fourth-order valence-electron chi connectivity index (χ4n) is 4.11. The van der Waals surface area contributed by atoms with Crippen molar-refractivity contribution in [2.24, 2.45) is 7.05 Å². The van der Waals surface area contributed by atoms with Gasteiger partial charge in [0.05, 0.1) is 17.8 Å². The van der Waals surface area contributed by atoms with Crippen molar-refractivity contribution in [2.45, 2.75) is 44.6 Å². The van der Waals surface area contributed by atoms with Crippen LogP contribution in [0, 0.1) is 6.92 Å². The lowest BCUT2D eigenvalue weighted by Gasteiger charge is -2.38. The number of pyridine rings is 1. The first-order valence-electron chi connectivity index (χ1n) is 9.60. The zero-order valence-corrected chi connectivity index (χ0v) is 16.4. The SMILES string of the molecule is Cc1nn(C)cc1CN1CCC(O)(Cn2c(C(F)(F)F)cc3cccnc32)CC1. The van der Waals surface area contributed by atoms with Crippen LogP contribution in [-0.4, -0.2) is 48.0 Å². The van der Waals surface area contributed by atoms with E-state index < -0.39 is 17.5 Å². The van der Waals surface area contributed by atoms with Crippen molar-refractivity contribution in [1.29, 1.82) is 0 Å². The monoisotopic (exact) mass is 407 g/mol. The number of hydrogen-bond donors (Lipinski definition) is 1. The smallest absolute Gasteiger partial charge is 0.388 e. The molecule has 1 N–H and O–H groups in total. The Balaban J connectivity index is 1.51. The molecule has 0 spiro atoms. The Morgan fingerprint density at radius 2 is 1.97 bits per heavy atom. The van der Waals surface area contributed by atoms with E-state index in [4.69, 9.17) is 0 Å². The van der Waals surface area contributed by atoms with Gasteiger partial charge in [-0.15, -0.1) is 0 Å². The van der Waals surface area contributed by atoms with E-state index in [2.05, 4.69) is 15.0 Å². The van der Waals surface area contributed by atoms with Gasteiger partial charge in [-0.3, -0.25) is 9.58 Å². The van der Waals surface area contributed by atoms with Crippen molar-refractivity contribution in [3.05, 3.63) is 47.5 Å². The summed E-state index contributed by atoms with van der Waals surface area (Å²) in [6.45, 7) is 3.77. The van der Waals surface area contributed by atoms with Gasteiger partial charge in [-0.05, 0) is 38.0 Å². The number of halogens is 3. The summed E-state index contributed by atoms with van der Waals surface area (Å²) in [5.74, 6) is 0. The van der Waals surface area contributed by atoms with E-state index in [1.807, 2.05) is 20.2 Å². The van der Waals surface area contributed by atoms with Crippen molar-refractivity contribution in [3.8, 4) is 0 Å². The van der Waals surface area contributed by atoms with Crippen molar-refractivity contribution in [3.63, 3.8) is 0 Å². The van der Waals surface area contributed by atoms with Crippen LogP contribution in [0.25, 0.3) is 11.0 Å². The van der Waals surface area contributed by atoms with E-state index in [1.54, 1.807) is 16.8 Å². The number of fused-ring (bicyclic) bond motifs is 1. The first-order chi connectivity index (χ1) is 13.6. The van der Waals surface area contributed by atoms with E-state index in [0.29, 0.717) is 31.3 Å². The lowest BCUT2D eigenvalue weighted by atomic mass is 9.91. The first kappa shape index (κ1) is 19.9. The quantitative estimate of drug-likeness (QED) is 0.722. The number of aliphatic hydroxyl groups is 1. The number of rotatable bonds is 4. The van der Waals surface area contributed by atoms with Crippen LogP contribution in [0.4, 0.5) is 13.2 Å². The van der Waals surface area contributed by atoms with Crippen LogP contribution >= 0.6 is 0 Å². The molecule has 0 amide bonds. The van der Waals surface area contributed by atoms with Crippen molar-refractivity contribution < 1.29 is 18.3 Å². The molecule has 6 nitrogen and oxygen atoms in total. The molecule has 0 saturated carbocycles. The van der Waals surface area contributed by atoms with Crippen LogP contribution < -0.4 is 0 Å². The summed E-state index contributed by atoms with van der Waals surface area (Å²) in [5, 5.41) is 15.8. The van der Waals surface area contributed by atoms with Crippen LogP contribution in [0.3, 0.4) is 0 Å². The van der Waals surface area contributed by atoms with Crippen LogP contribution in [-0.2, 0) is 26.3 Å². The van der Waals surface area contributed by atoms with Gasteiger partial charge in [0.15, 0.2) is 0 Å². The highest BCUT2D eigenvalue weighted by Crippen LogP contribution is 2.36. The Morgan fingerprint density at radius 1 is 1.24 bits per heavy atom. The number of aromatic nitrogens is 4. The zero-order valence-electron chi connectivity index (χ0n) is 16.4. The molecule has 0 unspecified atom stereocenters. The minimum Gasteiger partial charge on any atom is -0.388 e. The molecular formula is C20H24F3N5O. The standard InChI is InChI=1S/C20H24F3N5O/c1-14-16(11-26(2)25-14)12-27-8-5-19(29,6-9-27)13-28-17(20(21,22)23)10-15-4-3-7-24-18(15)28/h3-4,7,10-11,29H,5-6,8-9,12-13H2,1-2H3. The van der Waals surface area contributed by atoms with Gasteiger partial charge in [0, 0.05) is 50.0 Å². The number of hydrogen-bond acceptors (Lipinski definition) is 4. The second kappa shape index (κ2) is 7.14. The fourth-order valence-corrected chi connectivity index (χ4v) is 4.11. The Kier molecular flexibility index (Phi) is 4.90. The Morgan fingerprint density at radius 3 is 2.59 bits per heavy atom. The molecule has 4 rings (SSSR count). The summed E-state index contributed by atoms with van der Waals surface area (Å²) in [5.41, 5.74) is 0.366. The normalized spacial score (nSPS) is 17.9. The predicted octanol–water partition coefficient (Wildman–Crippen LogP) is 3.12. The largest absolute Gasteiger partial charge is 0.431 e. The third kappa shape index (κ3) is 4.02. The van der Waals surface area contributed by atoms with Crippen molar-refractivity contribution >= 4 is 11.0 Å². The highest BCUT2D eigenvalue weighted by Gasteiger charge is 2.39. The van der Waals surface area contributed by atoms with E-state index in [9.17, 15) is 18.3 Å². The molecule has 0 bridgehead atoms. The van der Waals surface area contributed by atoms with Gasteiger partial charge in [0.2, 0.25) is 0 Å². The summed E-state index contributed by atoms with van der Waals surface area (Å²) in [4.78, 5) is 6.33. The van der Waals surface area contributed by atoms with Gasteiger partial charge >= 0.3 is 6.18 Å². The zero-order chi connectivity index (χ0) is 20.8. The topological polar surface area (TPSA) is 59.1 Å². The Hall–Kier alpha value is -2.39. The summed E-state index contributed by atoms with van der Waals surface area (Å²) < 4.78 is 43.6. The highest BCUT2D eigenvalue weighted by atomic mass is 19.4. The molecule has 0 aromatic carbocycles. The van der Waals surface area contributed by atoms with Crippen LogP contribution in [0.15, 0.2) is 30.6 Å². The molecule has 3 aromatic heterocycles. The highest BCUT2D eigenvalue weighted by molar-refractivity contribution is 5.77. The summed E-state index contributed by atoms with van der Waals surface area (Å²) in [6.07, 6.45) is -0.257. The second-order valence-corrected chi connectivity index (χ2v) is 7.94. The number of likely N-dealkylation sites (tertiary alicyclic amines) is 1. The average Bonchev–Trinajstić information content (AvgIpc) is 3.17. The van der Waals surface area contributed by atoms with Crippen LogP contribution in [0.1, 0.15) is 29.8 Å². The number of aryl methyl sites for hydroxylation is 2. The first-order valence-corrected chi connectivity index (χ1v) is 9.60. The maximum absolute atomic E-state index is 13.6.